The van der Waals surface area contributed by atoms with Gasteiger partial charge in [0.25, 0.3) is 11.6 Å². The van der Waals surface area contributed by atoms with Gasteiger partial charge in [0.2, 0.25) is 0 Å². The maximum Gasteiger partial charge on any atom is 0.414 e. The van der Waals surface area contributed by atoms with Gasteiger partial charge in [0, 0.05) is 38.0 Å². The molecule has 0 radical (unpaired) electrons. The van der Waals surface area contributed by atoms with Crippen LogP contribution in [0.4, 0.5) is 10.5 Å². The summed E-state index contributed by atoms with van der Waals surface area (Å²) in [7, 11) is 3.05. The Morgan fingerprint density at radius 3 is 2.71 bits per heavy atom. The van der Waals surface area contributed by atoms with E-state index in [2.05, 4.69) is 20.2 Å². The van der Waals surface area contributed by atoms with Gasteiger partial charge < -0.3 is 9.64 Å². The molecule has 0 spiro atoms. The van der Waals surface area contributed by atoms with Gasteiger partial charge >= 0.3 is 6.09 Å². The van der Waals surface area contributed by atoms with Gasteiger partial charge in [0.05, 0.1) is 17.3 Å². The Balaban J connectivity index is 1.91. The first kappa shape index (κ1) is 21.2. The summed E-state index contributed by atoms with van der Waals surface area (Å²) >= 11 is 0. The van der Waals surface area contributed by atoms with Crippen molar-refractivity contribution in [1.82, 2.24) is 20.1 Å². The summed E-state index contributed by atoms with van der Waals surface area (Å²) in [6, 6.07) is 10.4. The average molecular weight is 420 g/mol. The zero-order chi connectivity index (χ0) is 22.4. The van der Waals surface area contributed by atoms with E-state index in [0.29, 0.717) is 11.1 Å². The molecular formula is C20H16N6O5. The first-order chi connectivity index (χ1) is 14.9. The number of carbonyl (C=O) groups excluding carboxylic acids is 2. The summed E-state index contributed by atoms with van der Waals surface area (Å²) in [4.78, 5) is 44.2. The molecule has 0 aliphatic rings. The predicted molar refractivity (Wildman–Crippen MR) is 110 cm³/mol. The predicted octanol–water partition coefficient (Wildman–Crippen LogP) is 2.77. The van der Waals surface area contributed by atoms with Crippen molar-refractivity contribution in [3.63, 3.8) is 0 Å². The van der Waals surface area contributed by atoms with Crippen molar-refractivity contribution in [3.05, 3.63) is 76.4 Å². The fourth-order valence-corrected chi connectivity index (χ4v) is 2.46. The molecule has 11 heteroatoms. The second kappa shape index (κ2) is 9.31. The van der Waals surface area contributed by atoms with Crippen molar-refractivity contribution in [2.45, 2.75) is 0 Å². The number of hydrogen-bond donors (Lipinski definition) is 0. The van der Waals surface area contributed by atoms with Crippen LogP contribution in [0, 0.1) is 10.1 Å². The minimum atomic E-state index is -0.745. The third-order valence-corrected chi connectivity index (χ3v) is 3.96. The Hall–Kier alpha value is -4.54. The number of carbonyl (C=O) groups is 2. The summed E-state index contributed by atoms with van der Waals surface area (Å²) in [6.45, 7) is 0. The number of pyridine rings is 1. The first-order valence-corrected chi connectivity index (χ1v) is 8.86. The van der Waals surface area contributed by atoms with Crippen LogP contribution >= 0.6 is 0 Å². The molecule has 0 unspecified atom stereocenters. The van der Waals surface area contributed by atoms with Gasteiger partial charge in [-0.2, -0.15) is 5.10 Å². The average Bonchev–Trinajstić information content (AvgIpc) is 2.78. The van der Waals surface area contributed by atoms with E-state index in [4.69, 9.17) is 4.74 Å². The van der Waals surface area contributed by atoms with Gasteiger partial charge in [-0.05, 0) is 23.8 Å². The van der Waals surface area contributed by atoms with Crippen LogP contribution in [-0.2, 0) is 0 Å². The molecule has 0 aliphatic heterocycles. The number of aliphatic imine (C=N–C) groups is 1. The highest BCUT2D eigenvalue weighted by atomic mass is 16.6. The molecule has 0 saturated carbocycles. The van der Waals surface area contributed by atoms with E-state index in [1.54, 1.807) is 12.1 Å². The maximum absolute atomic E-state index is 12.7. The molecule has 0 bridgehead atoms. The normalized spacial score (nSPS) is 10.6. The monoisotopic (exact) mass is 420 g/mol. The van der Waals surface area contributed by atoms with Crippen molar-refractivity contribution in [2.24, 2.45) is 4.99 Å². The molecule has 2 aromatic heterocycles. The third-order valence-electron chi connectivity index (χ3n) is 3.96. The lowest BCUT2D eigenvalue weighted by molar-refractivity contribution is -0.384. The van der Waals surface area contributed by atoms with Crippen molar-refractivity contribution >= 4 is 23.9 Å². The lowest BCUT2D eigenvalue weighted by Gasteiger charge is -2.11. The molecule has 2 amide bonds. The number of rotatable bonds is 5. The number of non-ortho nitro benzene ring substituents is 1. The maximum atomic E-state index is 12.7. The molecule has 11 nitrogen and oxygen atoms in total. The Morgan fingerprint density at radius 2 is 1.97 bits per heavy atom. The molecule has 3 rings (SSSR count). The molecule has 1 aromatic carbocycles. The van der Waals surface area contributed by atoms with Crippen LogP contribution < -0.4 is 4.74 Å². The van der Waals surface area contributed by atoms with E-state index >= 15 is 0 Å². The molecule has 3 aromatic rings. The van der Waals surface area contributed by atoms with E-state index < -0.39 is 16.9 Å². The molecule has 0 N–H and O–H groups in total. The highest BCUT2D eigenvalue weighted by Crippen LogP contribution is 2.26. The second-order valence-corrected chi connectivity index (χ2v) is 6.31. The minimum absolute atomic E-state index is 0.0954. The molecule has 0 atom stereocenters. The second-order valence-electron chi connectivity index (χ2n) is 6.31. The van der Waals surface area contributed by atoms with Gasteiger partial charge in [-0.15, -0.1) is 5.10 Å². The van der Waals surface area contributed by atoms with E-state index in [1.807, 2.05) is 0 Å². The van der Waals surface area contributed by atoms with E-state index in [9.17, 15) is 19.7 Å². The Bertz CT molecular complexity index is 1180. The Labute approximate surface area is 176 Å². The van der Waals surface area contributed by atoms with Crippen LogP contribution in [0.3, 0.4) is 0 Å². The number of hydrogen-bond acceptors (Lipinski definition) is 8. The van der Waals surface area contributed by atoms with Crippen molar-refractivity contribution in [3.8, 4) is 16.9 Å². The first-order valence-electron chi connectivity index (χ1n) is 8.86. The summed E-state index contributed by atoms with van der Waals surface area (Å²) in [5.41, 5.74) is 0.688. The minimum Gasteiger partial charge on any atom is -0.408 e. The summed E-state index contributed by atoms with van der Waals surface area (Å²) < 4.78 is 5.20. The molecule has 0 aliphatic carbocycles. The quantitative estimate of drug-likeness (QED) is 0.348. The lowest BCUT2D eigenvalue weighted by Crippen LogP contribution is -2.25. The topological polar surface area (TPSA) is 141 Å². The molecule has 0 fully saturated rings. The summed E-state index contributed by atoms with van der Waals surface area (Å²) in [5.74, 6) is -0.624. The Kier molecular flexibility index (Phi) is 6.36. The number of benzene rings is 1. The number of nitrogens with zero attached hydrogens (tertiary/aromatic N) is 6. The number of ether oxygens (including phenoxy) is 1. The fraction of sp³-hybridized carbons (Fsp3) is 0.100. The molecular weight excluding hydrogens is 404 g/mol. The Morgan fingerprint density at radius 1 is 1.16 bits per heavy atom. The third kappa shape index (κ3) is 5.09. The van der Waals surface area contributed by atoms with Crippen molar-refractivity contribution in [2.75, 3.05) is 14.1 Å². The van der Waals surface area contributed by atoms with E-state index in [0.717, 1.165) is 6.21 Å². The largest absolute Gasteiger partial charge is 0.414 e. The SMILES string of the molecule is CN(C)C(=O)Oc1cccnc1C=NC(=O)c1nnccc1-c1cccc([N+](=O)[O-])c1. The van der Waals surface area contributed by atoms with Gasteiger partial charge in [-0.25, -0.2) is 9.79 Å². The van der Waals surface area contributed by atoms with Gasteiger partial charge in [0.15, 0.2) is 11.4 Å². The van der Waals surface area contributed by atoms with Crippen LogP contribution in [0.5, 0.6) is 5.75 Å². The number of nitro groups is 1. The zero-order valence-electron chi connectivity index (χ0n) is 16.5. The van der Waals surface area contributed by atoms with Crippen LogP contribution in [0.2, 0.25) is 0 Å². The number of amides is 2. The van der Waals surface area contributed by atoms with Gasteiger partial charge in [-0.3, -0.25) is 19.9 Å². The number of nitro benzene ring substituents is 1. The zero-order valence-corrected chi connectivity index (χ0v) is 16.5. The van der Waals surface area contributed by atoms with E-state index in [-0.39, 0.29) is 22.8 Å². The molecule has 0 saturated heterocycles. The summed E-state index contributed by atoms with van der Waals surface area (Å²) in [5, 5.41) is 18.6. The molecule has 156 valence electrons. The van der Waals surface area contributed by atoms with Crippen molar-refractivity contribution in [1.29, 1.82) is 0 Å². The van der Waals surface area contributed by atoms with Crippen LogP contribution in [0.25, 0.3) is 11.1 Å². The smallest absolute Gasteiger partial charge is 0.408 e. The molecule has 31 heavy (non-hydrogen) atoms. The van der Waals surface area contributed by atoms with Crippen LogP contribution in [-0.4, -0.2) is 57.3 Å². The molecule has 2 heterocycles. The summed E-state index contributed by atoms with van der Waals surface area (Å²) in [6.07, 6.45) is 3.35. The number of aromatic nitrogens is 3. The highest BCUT2D eigenvalue weighted by molar-refractivity contribution is 6.04. The lowest BCUT2D eigenvalue weighted by atomic mass is 10.0. The van der Waals surface area contributed by atoms with Gasteiger partial charge in [-0.1, -0.05) is 12.1 Å². The van der Waals surface area contributed by atoms with Gasteiger partial charge in [0.1, 0.15) is 5.69 Å². The van der Waals surface area contributed by atoms with Crippen LogP contribution in [0.1, 0.15) is 16.2 Å². The standard InChI is InChI=1S/C20H16N6O5/c1-25(2)20(28)31-17-7-4-9-21-16(17)12-22-19(27)18-15(8-10-23-24-18)13-5-3-6-14(11-13)26(29)30/h3-12H,1-2H3. The van der Waals surface area contributed by atoms with E-state index in [1.165, 1.54) is 61.7 Å². The highest BCUT2D eigenvalue weighted by Gasteiger charge is 2.17. The van der Waals surface area contributed by atoms with Crippen molar-refractivity contribution < 1.29 is 19.2 Å². The van der Waals surface area contributed by atoms with Crippen LogP contribution in [0.15, 0.2) is 59.9 Å². The fourth-order valence-electron chi connectivity index (χ4n) is 2.46.